The van der Waals surface area contributed by atoms with Gasteiger partial charge in [0.25, 0.3) is 0 Å². The van der Waals surface area contributed by atoms with Gasteiger partial charge in [-0.25, -0.2) is 0 Å². The fourth-order valence-electron chi connectivity index (χ4n) is 0.987. The van der Waals surface area contributed by atoms with Gasteiger partial charge in [-0.2, -0.15) is 12.6 Å². The first-order valence-corrected chi connectivity index (χ1v) is 4.17. The first kappa shape index (κ1) is 9.31. The van der Waals surface area contributed by atoms with Gasteiger partial charge in [-0.05, 0) is 12.3 Å². The molecule has 0 rings (SSSR count). The van der Waals surface area contributed by atoms with Crippen molar-refractivity contribution in [3.63, 3.8) is 0 Å². The van der Waals surface area contributed by atoms with Crippen LogP contribution in [0, 0.1) is 5.92 Å². The Hall–Kier alpha value is 0.310. The Morgan fingerprint density at radius 2 is 2.00 bits per heavy atom. The largest absolute Gasteiger partial charge is 0.319 e. The van der Waals surface area contributed by atoms with E-state index in [1.54, 1.807) is 0 Å². The maximum absolute atomic E-state index is 5.60. The zero-order chi connectivity index (χ0) is 7.28. The summed E-state index contributed by atoms with van der Waals surface area (Å²) in [5.41, 5.74) is 5.60. The van der Waals surface area contributed by atoms with Crippen molar-refractivity contribution in [1.82, 2.24) is 0 Å². The van der Waals surface area contributed by atoms with Gasteiger partial charge >= 0.3 is 0 Å². The Bertz CT molecular complexity index is 63.9. The van der Waals surface area contributed by atoms with E-state index < -0.39 is 0 Å². The molecule has 0 saturated carbocycles. The zero-order valence-electron chi connectivity index (χ0n) is 6.30. The predicted octanol–water partition coefficient (Wildman–Crippen LogP) is 2.03. The minimum Gasteiger partial charge on any atom is -0.319 e. The summed E-state index contributed by atoms with van der Waals surface area (Å²) >= 11 is 4.18. The van der Waals surface area contributed by atoms with Crippen LogP contribution in [0.3, 0.4) is 0 Å². The van der Waals surface area contributed by atoms with Gasteiger partial charge in [0, 0.05) is 0 Å². The minimum atomic E-state index is 0.0787. The lowest BCUT2D eigenvalue weighted by atomic mass is 10.0. The molecule has 9 heavy (non-hydrogen) atoms. The fraction of sp³-hybridized carbons (Fsp3) is 1.00. The fourth-order valence-corrected chi connectivity index (χ4v) is 1.35. The summed E-state index contributed by atoms with van der Waals surface area (Å²) in [6.07, 6.45) is 3.58. The SMILES string of the molecule is CCCC(CC)C(N)S. The Kier molecular flexibility index (Phi) is 5.30. The van der Waals surface area contributed by atoms with Crippen LogP contribution in [0.5, 0.6) is 0 Å². The Morgan fingerprint density at radius 3 is 2.11 bits per heavy atom. The molecule has 0 radical (unpaired) electrons. The highest BCUT2D eigenvalue weighted by molar-refractivity contribution is 7.80. The molecular formula is C7H17NS. The van der Waals surface area contributed by atoms with Crippen molar-refractivity contribution < 1.29 is 0 Å². The van der Waals surface area contributed by atoms with E-state index in [9.17, 15) is 0 Å². The summed E-state index contributed by atoms with van der Waals surface area (Å²) in [6.45, 7) is 4.34. The molecule has 2 unspecified atom stereocenters. The topological polar surface area (TPSA) is 26.0 Å². The molecule has 2 heteroatoms. The molecule has 0 spiro atoms. The molecule has 56 valence electrons. The van der Waals surface area contributed by atoms with Gasteiger partial charge in [0.1, 0.15) is 0 Å². The van der Waals surface area contributed by atoms with Gasteiger partial charge in [-0.3, -0.25) is 0 Å². The number of hydrogen-bond acceptors (Lipinski definition) is 2. The number of hydrogen-bond donors (Lipinski definition) is 2. The maximum atomic E-state index is 5.60. The Balaban J connectivity index is 3.41. The lowest BCUT2D eigenvalue weighted by Gasteiger charge is -2.16. The molecule has 0 heterocycles. The first-order chi connectivity index (χ1) is 4.22. The molecule has 0 aromatic carbocycles. The summed E-state index contributed by atoms with van der Waals surface area (Å²) in [7, 11) is 0. The molecule has 0 aliphatic carbocycles. The van der Waals surface area contributed by atoms with Crippen molar-refractivity contribution >= 4 is 12.6 Å². The molecule has 0 saturated heterocycles. The third-order valence-electron chi connectivity index (χ3n) is 1.67. The average Bonchev–Trinajstić information content (AvgIpc) is 1.82. The van der Waals surface area contributed by atoms with Crippen LogP contribution >= 0.6 is 12.6 Å². The van der Waals surface area contributed by atoms with Crippen LogP contribution in [0.25, 0.3) is 0 Å². The normalized spacial score (nSPS) is 17.3. The van der Waals surface area contributed by atoms with E-state index >= 15 is 0 Å². The average molecular weight is 147 g/mol. The molecule has 0 aromatic heterocycles. The van der Waals surface area contributed by atoms with E-state index in [2.05, 4.69) is 26.5 Å². The highest BCUT2D eigenvalue weighted by atomic mass is 32.1. The molecule has 0 amide bonds. The monoisotopic (exact) mass is 147 g/mol. The van der Waals surface area contributed by atoms with E-state index in [-0.39, 0.29) is 5.37 Å². The summed E-state index contributed by atoms with van der Waals surface area (Å²) in [4.78, 5) is 0. The lowest BCUT2D eigenvalue weighted by Crippen LogP contribution is -2.23. The van der Waals surface area contributed by atoms with Gasteiger partial charge < -0.3 is 5.73 Å². The smallest absolute Gasteiger partial charge is 0.0505 e. The van der Waals surface area contributed by atoms with E-state index in [1.165, 1.54) is 12.8 Å². The number of rotatable bonds is 4. The van der Waals surface area contributed by atoms with Crippen LogP contribution in [0.1, 0.15) is 33.1 Å². The van der Waals surface area contributed by atoms with Crippen molar-refractivity contribution in [2.75, 3.05) is 0 Å². The molecule has 0 aromatic rings. The van der Waals surface area contributed by atoms with Crippen LogP contribution in [0.2, 0.25) is 0 Å². The third kappa shape index (κ3) is 3.82. The number of thiol groups is 1. The van der Waals surface area contributed by atoms with Gasteiger partial charge in [-0.15, -0.1) is 0 Å². The second kappa shape index (κ2) is 5.12. The summed E-state index contributed by atoms with van der Waals surface area (Å²) in [5.74, 6) is 0.610. The quantitative estimate of drug-likeness (QED) is 0.462. The van der Waals surface area contributed by atoms with E-state index in [4.69, 9.17) is 5.73 Å². The van der Waals surface area contributed by atoms with Crippen LogP contribution < -0.4 is 5.73 Å². The molecule has 1 nitrogen and oxygen atoms in total. The van der Waals surface area contributed by atoms with Crippen molar-refractivity contribution in [3.8, 4) is 0 Å². The van der Waals surface area contributed by atoms with Crippen LogP contribution in [-0.4, -0.2) is 5.37 Å². The van der Waals surface area contributed by atoms with E-state index in [1.807, 2.05) is 0 Å². The van der Waals surface area contributed by atoms with Crippen molar-refractivity contribution in [2.24, 2.45) is 11.7 Å². The standard InChI is InChI=1S/C7H17NS/c1-3-5-6(4-2)7(8)9/h6-7,9H,3-5,8H2,1-2H3. The molecule has 0 fully saturated rings. The molecular weight excluding hydrogens is 130 g/mol. The Morgan fingerprint density at radius 1 is 1.44 bits per heavy atom. The summed E-state index contributed by atoms with van der Waals surface area (Å²) in [6, 6.07) is 0. The van der Waals surface area contributed by atoms with Crippen LogP contribution in [-0.2, 0) is 0 Å². The van der Waals surface area contributed by atoms with E-state index in [0.717, 1.165) is 6.42 Å². The van der Waals surface area contributed by atoms with Gasteiger partial charge in [0.05, 0.1) is 5.37 Å². The zero-order valence-corrected chi connectivity index (χ0v) is 7.20. The summed E-state index contributed by atoms with van der Waals surface area (Å²) in [5, 5.41) is 0.0787. The molecule has 0 aliphatic rings. The number of nitrogens with two attached hydrogens (primary N) is 1. The third-order valence-corrected chi connectivity index (χ3v) is 2.09. The molecule has 2 atom stereocenters. The van der Waals surface area contributed by atoms with Crippen molar-refractivity contribution in [3.05, 3.63) is 0 Å². The molecule has 0 bridgehead atoms. The lowest BCUT2D eigenvalue weighted by molar-refractivity contribution is 0.454. The second-order valence-corrected chi connectivity index (χ2v) is 3.04. The van der Waals surface area contributed by atoms with Crippen LogP contribution in [0.15, 0.2) is 0 Å². The van der Waals surface area contributed by atoms with Crippen molar-refractivity contribution in [1.29, 1.82) is 0 Å². The molecule has 2 N–H and O–H groups in total. The van der Waals surface area contributed by atoms with Gasteiger partial charge in [0.15, 0.2) is 0 Å². The predicted molar refractivity (Wildman–Crippen MR) is 45.7 cm³/mol. The van der Waals surface area contributed by atoms with Gasteiger partial charge in [0.2, 0.25) is 0 Å². The van der Waals surface area contributed by atoms with E-state index in [0.29, 0.717) is 5.92 Å². The highest BCUT2D eigenvalue weighted by Crippen LogP contribution is 2.15. The highest BCUT2D eigenvalue weighted by Gasteiger charge is 2.09. The van der Waals surface area contributed by atoms with Crippen LogP contribution in [0.4, 0.5) is 0 Å². The first-order valence-electron chi connectivity index (χ1n) is 3.66. The van der Waals surface area contributed by atoms with Crippen molar-refractivity contribution in [2.45, 2.75) is 38.5 Å². The second-order valence-electron chi connectivity index (χ2n) is 2.45. The maximum Gasteiger partial charge on any atom is 0.0505 e. The molecule has 0 aliphatic heterocycles. The Labute approximate surface area is 63.4 Å². The van der Waals surface area contributed by atoms with Gasteiger partial charge in [-0.1, -0.05) is 26.7 Å². The summed E-state index contributed by atoms with van der Waals surface area (Å²) < 4.78 is 0. The minimum absolute atomic E-state index is 0.0787.